The highest BCUT2D eigenvalue weighted by atomic mass is 19.4. The molecule has 0 saturated heterocycles. The minimum absolute atomic E-state index is 0.127. The molecule has 1 aromatic carbocycles. The van der Waals surface area contributed by atoms with Gasteiger partial charge in [0.05, 0.1) is 0 Å². The zero-order valence-corrected chi connectivity index (χ0v) is 10.4. The van der Waals surface area contributed by atoms with Gasteiger partial charge in [-0.1, -0.05) is 18.2 Å². The second-order valence-electron chi connectivity index (χ2n) is 3.75. The van der Waals surface area contributed by atoms with Crippen molar-refractivity contribution in [1.82, 2.24) is 4.98 Å². The van der Waals surface area contributed by atoms with Gasteiger partial charge in [0.15, 0.2) is 0 Å². The first-order chi connectivity index (χ1) is 9.92. The second kappa shape index (κ2) is 6.12. The lowest BCUT2D eigenvalue weighted by molar-refractivity contribution is -0.274. The third kappa shape index (κ3) is 5.01. The van der Waals surface area contributed by atoms with Crippen molar-refractivity contribution in [3.05, 3.63) is 48.7 Å². The van der Waals surface area contributed by atoms with E-state index in [0.717, 1.165) is 18.3 Å². The van der Waals surface area contributed by atoms with Gasteiger partial charge in [-0.2, -0.15) is 0 Å². The van der Waals surface area contributed by atoms with E-state index in [0.29, 0.717) is 0 Å². The summed E-state index contributed by atoms with van der Waals surface area (Å²) in [6.45, 7) is 0. The summed E-state index contributed by atoms with van der Waals surface area (Å²) in [5.41, 5.74) is 0. The molecule has 0 fully saturated rings. The molecule has 8 heteroatoms. The third-order valence-electron chi connectivity index (χ3n) is 2.15. The van der Waals surface area contributed by atoms with Gasteiger partial charge in [-0.3, -0.25) is 5.32 Å². The fourth-order valence-corrected chi connectivity index (χ4v) is 1.40. The highest BCUT2D eigenvalue weighted by Crippen LogP contribution is 2.23. The average Bonchev–Trinajstić information content (AvgIpc) is 2.38. The normalized spacial score (nSPS) is 10.8. The number of pyridine rings is 1. The van der Waals surface area contributed by atoms with Crippen molar-refractivity contribution in [3.63, 3.8) is 0 Å². The Morgan fingerprint density at radius 2 is 1.81 bits per heavy atom. The van der Waals surface area contributed by atoms with Gasteiger partial charge in [-0.05, 0) is 18.2 Å². The number of carbonyl (C=O) groups excluding carboxylic acids is 1. The summed E-state index contributed by atoms with van der Waals surface area (Å²) in [5.74, 6) is -0.331. The van der Waals surface area contributed by atoms with Gasteiger partial charge < -0.3 is 9.47 Å². The van der Waals surface area contributed by atoms with E-state index in [1.165, 1.54) is 0 Å². The van der Waals surface area contributed by atoms with Crippen LogP contribution >= 0.6 is 0 Å². The maximum atomic E-state index is 12.1. The number of benzene rings is 1. The number of anilines is 1. The van der Waals surface area contributed by atoms with Crippen LogP contribution in [-0.2, 0) is 0 Å². The zero-order chi connectivity index (χ0) is 15.3. The van der Waals surface area contributed by atoms with E-state index in [2.05, 4.69) is 15.0 Å². The quantitative estimate of drug-likeness (QED) is 0.940. The number of nitrogens with zero attached hydrogens (tertiary/aromatic N) is 1. The number of rotatable bonds is 3. The van der Waals surface area contributed by atoms with Crippen molar-refractivity contribution in [2.75, 3.05) is 5.32 Å². The third-order valence-corrected chi connectivity index (χ3v) is 2.15. The lowest BCUT2D eigenvalue weighted by Crippen LogP contribution is -2.19. The van der Waals surface area contributed by atoms with Gasteiger partial charge in [0.2, 0.25) is 0 Å². The summed E-state index contributed by atoms with van der Waals surface area (Å²) < 4.78 is 44.8. The Hall–Kier alpha value is -2.77. The summed E-state index contributed by atoms with van der Waals surface area (Å²) in [6.07, 6.45) is -4.62. The first kappa shape index (κ1) is 14.6. The molecule has 1 N–H and O–H groups in total. The van der Waals surface area contributed by atoms with Crippen LogP contribution in [0.15, 0.2) is 48.7 Å². The molecule has 2 aromatic rings. The van der Waals surface area contributed by atoms with E-state index in [4.69, 9.17) is 4.74 Å². The molecule has 0 aliphatic heterocycles. The Balaban J connectivity index is 1.99. The minimum atomic E-state index is -4.82. The van der Waals surface area contributed by atoms with Gasteiger partial charge in [0, 0.05) is 12.3 Å². The predicted molar refractivity (Wildman–Crippen MR) is 67.0 cm³/mol. The Morgan fingerprint density at radius 1 is 1.10 bits per heavy atom. The molecule has 0 saturated carbocycles. The summed E-state index contributed by atoms with van der Waals surface area (Å²) in [5, 5.41) is 2.20. The number of para-hydroxylation sites is 1. The van der Waals surface area contributed by atoms with E-state index >= 15 is 0 Å². The molecule has 1 amide bonds. The Labute approximate surface area is 117 Å². The van der Waals surface area contributed by atoms with Crippen LogP contribution in [0.25, 0.3) is 0 Å². The topological polar surface area (TPSA) is 60.5 Å². The van der Waals surface area contributed by atoms with Crippen molar-refractivity contribution >= 4 is 11.9 Å². The van der Waals surface area contributed by atoms with Gasteiger partial charge >= 0.3 is 12.5 Å². The van der Waals surface area contributed by atoms with Crippen molar-refractivity contribution < 1.29 is 27.4 Å². The van der Waals surface area contributed by atoms with Crippen LogP contribution < -0.4 is 14.8 Å². The molecule has 0 aliphatic carbocycles. The standard InChI is InChI=1S/C13H9F3N2O3/c14-13(15,16)21-10-6-7-17-11(8-10)18-12(19)20-9-4-2-1-3-5-9/h1-8H,(H,17,18,19). The molecule has 0 bridgehead atoms. The number of carbonyl (C=O) groups is 1. The Bertz CT molecular complexity index is 618. The predicted octanol–water partition coefficient (Wildman–Crippen LogP) is 3.59. The van der Waals surface area contributed by atoms with Crippen molar-refractivity contribution in [2.24, 2.45) is 0 Å². The molecule has 0 atom stereocenters. The maximum Gasteiger partial charge on any atom is 0.573 e. The molecular weight excluding hydrogens is 289 g/mol. The van der Waals surface area contributed by atoms with Gasteiger partial charge in [0.25, 0.3) is 0 Å². The van der Waals surface area contributed by atoms with E-state index in [9.17, 15) is 18.0 Å². The second-order valence-corrected chi connectivity index (χ2v) is 3.75. The maximum absolute atomic E-state index is 12.1. The number of hydrogen-bond donors (Lipinski definition) is 1. The van der Waals surface area contributed by atoms with Crippen LogP contribution in [0.1, 0.15) is 0 Å². The number of ether oxygens (including phenoxy) is 2. The number of halogens is 3. The first-order valence-electron chi connectivity index (χ1n) is 5.68. The molecule has 0 aliphatic rings. The summed E-state index contributed by atoms with van der Waals surface area (Å²) in [6, 6.07) is 10.1. The van der Waals surface area contributed by atoms with Crippen LogP contribution in [0.3, 0.4) is 0 Å². The molecule has 0 unspecified atom stereocenters. The van der Waals surface area contributed by atoms with Crippen LogP contribution in [0.5, 0.6) is 11.5 Å². The van der Waals surface area contributed by atoms with Crippen LogP contribution in [0.2, 0.25) is 0 Å². The summed E-state index contributed by atoms with van der Waals surface area (Å²) >= 11 is 0. The van der Waals surface area contributed by atoms with Gasteiger partial charge in [-0.15, -0.1) is 13.2 Å². The average molecular weight is 298 g/mol. The summed E-state index contributed by atoms with van der Waals surface area (Å²) in [4.78, 5) is 15.2. The number of hydrogen-bond acceptors (Lipinski definition) is 4. The van der Waals surface area contributed by atoms with E-state index < -0.39 is 18.2 Å². The SMILES string of the molecule is O=C(Nc1cc(OC(F)(F)F)ccn1)Oc1ccccc1. The molecule has 1 heterocycles. The highest BCUT2D eigenvalue weighted by molar-refractivity contribution is 5.85. The van der Waals surface area contributed by atoms with Gasteiger partial charge in [-0.25, -0.2) is 9.78 Å². The fourth-order valence-electron chi connectivity index (χ4n) is 1.40. The van der Waals surface area contributed by atoms with Crippen LogP contribution in [0, 0.1) is 0 Å². The zero-order valence-electron chi connectivity index (χ0n) is 10.4. The molecule has 2 rings (SSSR count). The van der Waals surface area contributed by atoms with E-state index in [-0.39, 0.29) is 11.6 Å². The van der Waals surface area contributed by atoms with E-state index in [1.807, 2.05) is 0 Å². The van der Waals surface area contributed by atoms with E-state index in [1.54, 1.807) is 30.3 Å². The number of nitrogens with one attached hydrogen (secondary N) is 1. The molecule has 5 nitrogen and oxygen atoms in total. The molecule has 1 aromatic heterocycles. The highest BCUT2D eigenvalue weighted by Gasteiger charge is 2.31. The largest absolute Gasteiger partial charge is 0.573 e. The fraction of sp³-hybridized carbons (Fsp3) is 0.0769. The number of aromatic nitrogens is 1. The van der Waals surface area contributed by atoms with Crippen LogP contribution in [0.4, 0.5) is 23.8 Å². The lowest BCUT2D eigenvalue weighted by Gasteiger charge is -2.10. The minimum Gasteiger partial charge on any atom is -0.410 e. The smallest absolute Gasteiger partial charge is 0.410 e. The molecule has 0 spiro atoms. The molecule has 21 heavy (non-hydrogen) atoms. The van der Waals surface area contributed by atoms with Gasteiger partial charge in [0.1, 0.15) is 17.3 Å². The molecular formula is C13H9F3N2O3. The lowest BCUT2D eigenvalue weighted by atomic mass is 10.3. The monoisotopic (exact) mass is 298 g/mol. The van der Waals surface area contributed by atoms with Crippen LogP contribution in [-0.4, -0.2) is 17.4 Å². The number of amides is 1. The first-order valence-corrected chi connectivity index (χ1v) is 5.68. The molecule has 110 valence electrons. The Morgan fingerprint density at radius 3 is 2.48 bits per heavy atom. The van der Waals surface area contributed by atoms with Crippen molar-refractivity contribution in [2.45, 2.75) is 6.36 Å². The van der Waals surface area contributed by atoms with Crippen molar-refractivity contribution in [3.8, 4) is 11.5 Å². The summed E-state index contributed by atoms with van der Waals surface area (Å²) in [7, 11) is 0. The van der Waals surface area contributed by atoms with Crippen molar-refractivity contribution in [1.29, 1.82) is 0 Å². The Kier molecular flexibility index (Phi) is 4.27. The molecule has 0 radical (unpaired) electrons. The number of alkyl halides is 3.